The van der Waals surface area contributed by atoms with Crippen molar-refractivity contribution in [3.8, 4) is 22.8 Å². The third-order valence-electron chi connectivity index (χ3n) is 6.62. The Morgan fingerprint density at radius 1 is 1.00 bits per heavy atom. The predicted octanol–water partition coefficient (Wildman–Crippen LogP) is 7.61. The second-order valence-corrected chi connectivity index (χ2v) is 11.3. The second-order valence-electron chi connectivity index (χ2n) is 9.99. The molecule has 0 atom stereocenters. The first-order valence-corrected chi connectivity index (χ1v) is 15.1. The fraction of sp³-hybridized carbons (Fsp3) is 0.118. The molecule has 2 amide bonds. The molecule has 11 heteroatoms. The molecule has 0 spiro atoms. The van der Waals surface area contributed by atoms with Crippen LogP contribution in [0.2, 0.25) is 5.02 Å². The number of hydrogen-bond acceptors (Lipinski definition) is 8. The van der Waals surface area contributed by atoms with Crippen LogP contribution in [-0.4, -0.2) is 36.7 Å². The van der Waals surface area contributed by atoms with Crippen LogP contribution in [-0.2, 0) is 4.79 Å². The summed E-state index contributed by atoms with van der Waals surface area (Å²) in [6.45, 7) is 3.60. The number of aryl methyl sites for hydroxylation is 2. The van der Waals surface area contributed by atoms with Gasteiger partial charge in [0.25, 0.3) is 11.8 Å². The van der Waals surface area contributed by atoms with Crippen molar-refractivity contribution in [2.75, 3.05) is 24.4 Å². The lowest BCUT2D eigenvalue weighted by Gasteiger charge is -2.14. The molecule has 45 heavy (non-hydrogen) atoms. The molecular weight excluding hydrogens is 610 g/mol. The van der Waals surface area contributed by atoms with Crippen LogP contribution in [0.3, 0.4) is 0 Å². The Hall–Kier alpha value is -5.19. The lowest BCUT2D eigenvalue weighted by Crippen LogP contribution is -2.21. The minimum Gasteiger partial charge on any atom is -0.493 e. The van der Waals surface area contributed by atoms with Crippen LogP contribution in [0.15, 0.2) is 95.4 Å². The number of halogens is 1. The molecule has 0 unspecified atom stereocenters. The van der Waals surface area contributed by atoms with Crippen LogP contribution in [0.1, 0.15) is 27.0 Å². The number of carbonyl (C=O) groups excluding carboxylic acids is 2. The first-order valence-electron chi connectivity index (χ1n) is 13.9. The fourth-order valence-corrected chi connectivity index (χ4v) is 5.29. The van der Waals surface area contributed by atoms with Gasteiger partial charge in [-0.15, -0.1) is 11.3 Å². The van der Waals surface area contributed by atoms with Gasteiger partial charge in [0.1, 0.15) is 0 Å². The molecule has 9 nitrogen and oxygen atoms in total. The Kier molecular flexibility index (Phi) is 10.1. The topological polar surface area (TPSA) is 114 Å². The Labute approximate surface area is 269 Å². The number of ether oxygens (including phenoxy) is 2. The second kappa shape index (κ2) is 14.5. The molecule has 0 saturated heterocycles. The van der Waals surface area contributed by atoms with E-state index in [1.807, 2.05) is 79.9 Å². The Morgan fingerprint density at radius 3 is 2.53 bits per heavy atom. The molecule has 0 saturated carbocycles. The lowest BCUT2D eigenvalue weighted by molar-refractivity contribution is -0.118. The van der Waals surface area contributed by atoms with Crippen molar-refractivity contribution < 1.29 is 19.1 Å². The third kappa shape index (κ3) is 8.26. The molecule has 0 aliphatic heterocycles. The number of hydrazone groups is 1. The molecular formula is C34H30ClN5O4S. The average molecular weight is 640 g/mol. The Balaban J connectivity index is 1.16. The fourth-order valence-electron chi connectivity index (χ4n) is 4.28. The molecule has 1 aromatic heterocycles. The van der Waals surface area contributed by atoms with E-state index in [0.717, 1.165) is 38.9 Å². The molecule has 0 fully saturated rings. The van der Waals surface area contributed by atoms with Crippen molar-refractivity contribution in [3.63, 3.8) is 0 Å². The van der Waals surface area contributed by atoms with E-state index in [9.17, 15) is 9.59 Å². The van der Waals surface area contributed by atoms with Gasteiger partial charge in [-0.2, -0.15) is 5.10 Å². The zero-order valence-corrected chi connectivity index (χ0v) is 26.3. The number of nitrogens with one attached hydrogen (secondary N) is 3. The van der Waals surface area contributed by atoms with Gasteiger partial charge >= 0.3 is 0 Å². The molecule has 3 N–H and O–H groups in total. The number of thiazole rings is 1. The summed E-state index contributed by atoms with van der Waals surface area (Å²) in [5.41, 5.74) is 8.87. The van der Waals surface area contributed by atoms with Crippen molar-refractivity contribution in [2.24, 2.45) is 5.10 Å². The van der Waals surface area contributed by atoms with Crippen LogP contribution >= 0.6 is 22.9 Å². The van der Waals surface area contributed by atoms with E-state index in [-0.39, 0.29) is 29.2 Å². The van der Waals surface area contributed by atoms with Crippen molar-refractivity contribution in [1.82, 2.24) is 10.4 Å². The number of aromatic nitrogens is 1. The third-order valence-corrected chi connectivity index (χ3v) is 7.66. The van der Waals surface area contributed by atoms with Gasteiger partial charge in [0, 0.05) is 27.9 Å². The first-order chi connectivity index (χ1) is 21.8. The summed E-state index contributed by atoms with van der Waals surface area (Å²) in [5, 5.41) is 13.2. The molecule has 5 aromatic rings. The van der Waals surface area contributed by atoms with Gasteiger partial charge in [0.15, 0.2) is 23.2 Å². The average Bonchev–Trinajstić information content (AvgIpc) is 3.51. The molecule has 0 aliphatic rings. The van der Waals surface area contributed by atoms with Crippen LogP contribution < -0.4 is 25.5 Å². The minimum absolute atomic E-state index is 0.222. The largest absolute Gasteiger partial charge is 0.493 e. The number of anilines is 3. The summed E-state index contributed by atoms with van der Waals surface area (Å²) in [6, 6.07) is 26.0. The molecule has 1 heterocycles. The monoisotopic (exact) mass is 639 g/mol. The molecule has 0 aliphatic carbocycles. The maximum Gasteiger partial charge on any atom is 0.271 e. The predicted molar refractivity (Wildman–Crippen MR) is 180 cm³/mol. The SMILES string of the molecule is COc1cc(/C=N/NC(=O)c2ccc(-c3csc(Nc4ccccc4)n3)cc2)cc(Cl)c1OCC(=O)Nc1cc(C)ccc1C. The van der Waals surface area contributed by atoms with Gasteiger partial charge in [0.2, 0.25) is 0 Å². The van der Waals surface area contributed by atoms with Crippen molar-refractivity contribution in [3.05, 3.63) is 118 Å². The zero-order valence-electron chi connectivity index (χ0n) is 24.8. The van der Waals surface area contributed by atoms with Crippen LogP contribution in [0.4, 0.5) is 16.5 Å². The Bertz CT molecular complexity index is 1840. The highest BCUT2D eigenvalue weighted by Gasteiger charge is 2.15. The number of benzene rings is 4. The summed E-state index contributed by atoms with van der Waals surface area (Å²) in [7, 11) is 1.47. The van der Waals surface area contributed by atoms with E-state index < -0.39 is 0 Å². The zero-order chi connectivity index (χ0) is 31.8. The van der Waals surface area contributed by atoms with E-state index >= 15 is 0 Å². The van der Waals surface area contributed by atoms with E-state index in [0.29, 0.717) is 16.9 Å². The maximum atomic E-state index is 12.7. The summed E-state index contributed by atoms with van der Waals surface area (Å²) in [5.74, 6) is -0.177. The van der Waals surface area contributed by atoms with Crippen LogP contribution in [0.5, 0.6) is 11.5 Å². The molecule has 4 aromatic carbocycles. The van der Waals surface area contributed by atoms with Gasteiger partial charge < -0.3 is 20.1 Å². The van der Waals surface area contributed by atoms with Crippen molar-refractivity contribution in [1.29, 1.82) is 0 Å². The van der Waals surface area contributed by atoms with Crippen LogP contribution in [0.25, 0.3) is 11.3 Å². The summed E-state index contributed by atoms with van der Waals surface area (Å²) in [4.78, 5) is 29.9. The number of methoxy groups -OCH3 is 1. The normalized spacial score (nSPS) is 10.8. The van der Waals surface area contributed by atoms with E-state index in [1.54, 1.807) is 24.3 Å². The van der Waals surface area contributed by atoms with E-state index in [1.165, 1.54) is 24.7 Å². The molecule has 228 valence electrons. The molecule has 5 rings (SSSR count). The number of hydrogen-bond donors (Lipinski definition) is 3. The maximum absolute atomic E-state index is 12.7. The molecule has 0 bridgehead atoms. The number of para-hydroxylation sites is 1. The smallest absolute Gasteiger partial charge is 0.271 e. The van der Waals surface area contributed by atoms with Gasteiger partial charge in [-0.3, -0.25) is 9.59 Å². The minimum atomic E-state index is -0.379. The summed E-state index contributed by atoms with van der Waals surface area (Å²) < 4.78 is 11.1. The number of amides is 2. The highest BCUT2D eigenvalue weighted by atomic mass is 35.5. The molecule has 0 radical (unpaired) electrons. The quantitative estimate of drug-likeness (QED) is 0.101. The van der Waals surface area contributed by atoms with Gasteiger partial charge in [0.05, 0.1) is 24.0 Å². The van der Waals surface area contributed by atoms with E-state index in [4.69, 9.17) is 21.1 Å². The lowest BCUT2D eigenvalue weighted by atomic mass is 10.1. The number of nitrogens with zero attached hydrogens (tertiary/aromatic N) is 2. The Morgan fingerprint density at radius 2 is 1.78 bits per heavy atom. The highest BCUT2D eigenvalue weighted by Crippen LogP contribution is 2.36. The van der Waals surface area contributed by atoms with Gasteiger partial charge in [-0.25, -0.2) is 10.4 Å². The number of carbonyl (C=O) groups is 2. The van der Waals surface area contributed by atoms with Gasteiger partial charge in [-0.1, -0.05) is 54.1 Å². The number of rotatable bonds is 11. The summed E-state index contributed by atoms with van der Waals surface area (Å²) in [6.07, 6.45) is 1.44. The summed E-state index contributed by atoms with van der Waals surface area (Å²) >= 11 is 7.96. The standard InChI is InChI=1S/C34H30ClN5O4S/c1-21-9-10-22(2)28(15-21)38-31(41)19-44-32-27(35)16-23(17-30(32)43-3)18-36-40-33(42)25-13-11-24(12-14-25)29-20-45-34(39-29)37-26-7-5-4-6-8-26/h4-18,20H,19H2,1-3H3,(H,37,39)(H,38,41)(H,40,42)/b36-18+. The van der Waals surface area contributed by atoms with Gasteiger partial charge in [-0.05, 0) is 73.0 Å². The first kappa shape index (κ1) is 31.2. The highest BCUT2D eigenvalue weighted by molar-refractivity contribution is 7.14. The van der Waals surface area contributed by atoms with Crippen molar-refractivity contribution >= 4 is 57.5 Å². The van der Waals surface area contributed by atoms with Crippen molar-refractivity contribution in [2.45, 2.75) is 13.8 Å². The van der Waals surface area contributed by atoms with E-state index in [2.05, 4.69) is 26.1 Å². The van der Waals surface area contributed by atoms with Crippen LogP contribution in [0, 0.1) is 13.8 Å².